The predicted molar refractivity (Wildman–Crippen MR) is 92.7 cm³/mol. The van der Waals surface area contributed by atoms with Crippen LogP contribution in [0.5, 0.6) is 0 Å². The topological polar surface area (TPSA) is 234 Å². The molecule has 0 rings (SSSR count). The number of amides is 3. The lowest BCUT2D eigenvalue weighted by Gasteiger charge is -2.18. The van der Waals surface area contributed by atoms with Crippen molar-refractivity contribution < 1.29 is 34.1 Å². The van der Waals surface area contributed by atoms with Crippen LogP contribution in [0.4, 0.5) is 0 Å². The molecule has 0 aliphatic carbocycles. The lowest BCUT2D eigenvalue weighted by molar-refractivity contribution is -0.459. The maximum absolute atomic E-state index is 12.2. The van der Waals surface area contributed by atoms with Gasteiger partial charge in [-0.3, -0.25) is 35.6 Å². The van der Waals surface area contributed by atoms with Gasteiger partial charge in [-0.15, -0.1) is 0 Å². The molecule has 0 spiro atoms. The van der Waals surface area contributed by atoms with Crippen molar-refractivity contribution in [3.05, 3.63) is 0 Å². The quantitative estimate of drug-likeness (QED) is 0.0647. The van der Waals surface area contributed by atoms with E-state index in [0.717, 1.165) is 0 Å². The molecule has 0 aliphatic rings. The van der Waals surface area contributed by atoms with Gasteiger partial charge in [-0.1, -0.05) is 0 Å². The van der Waals surface area contributed by atoms with Crippen LogP contribution in [0.3, 0.4) is 0 Å². The number of carboxylic acids is 1. The summed E-state index contributed by atoms with van der Waals surface area (Å²) in [5.74, 6) is -3.19. The number of rotatable bonds is 13. The van der Waals surface area contributed by atoms with Gasteiger partial charge in [0, 0.05) is 0 Å². The maximum Gasteiger partial charge on any atom is 0.338 e. The second-order valence-corrected chi connectivity index (χ2v) is 5.47. The molecule has 3 amide bonds. The zero-order chi connectivity index (χ0) is 20.8. The molecule has 0 heterocycles. The van der Waals surface area contributed by atoms with Gasteiger partial charge >= 0.3 is 11.9 Å². The molecular formula is C14H26N7O6+. The zero-order valence-electron chi connectivity index (χ0n) is 14.7. The highest BCUT2D eigenvalue weighted by Gasteiger charge is 2.21. The average Bonchev–Trinajstić information content (AvgIpc) is 2.60. The van der Waals surface area contributed by atoms with Crippen LogP contribution in [-0.2, 0) is 24.0 Å². The molecule has 0 fully saturated rings. The molecule has 27 heavy (non-hydrogen) atoms. The average molecular weight is 388 g/mol. The molecule has 0 aromatic rings. The van der Waals surface area contributed by atoms with Crippen LogP contribution in [0.1, 0.15) is 19.3 Å². The third-order valence-corrected chi connectivity index (χ3v) is 3.16. The van der Waals surface area contributed by atoms with Crippen molar-refractivity contribution in [3.63, 3.8) is 0 Å². The van der Waals surface area contributed by atoms with E-state index in [1.807, 2.05) is 0 Å². The second kappa shape index (κ2) is 13.0. The van der Waals surface area contributed by atoms with Crippen LogP contribution >= 0.6 is 0 Å². The number of nitrogens with one attached hydrogen (secondary N) is 4. The van der Waals surface area contributed by atoms with Gasteiger partial charge in [0.1, 0.15) is 12.3 Å². The highest BCUT2D eigenvalue weighted by molar-refractivity contribution is 5.91. The molecule has 13 nitrogen and oxygen atoms in total. The molecule has 0 unspecified atom stereocenters. The molecule has 0 bridgehead atoms. The van der Waals surface area contributed by atoms with E-state index in [1.54, 1.807) is 0 Å². The maximum atomic E-state index is 12.2. The van der Waals surface area contributed by atoms with Crippen molar-refractivity contribution in [2.45, 2.75) is 31.3 Å². The van der Waals surface area contributed by atoms with Crippen LogP contribution in [-0.4, -0.2) is 72.8 Å². The van der Waals surface area contributed by atoms with E-state index in [4.69, 9.17) is 22.3 Å². The van der Waals surface area contributed by atoms with E-state index >= 15 is 0 Å². The van der Waals surface area contributed by atoms with Gasteiger partial charge in [-0.05, 0) is 12.8 Å². The first-order valence-corrected chi connectivity index (χ1v) is 8.05. The molecule has 0 aromatic heterocycles. The van der Waals surface area contributed by atoms with Gasteiger partial charge in [-0.2, -0.15) is 0 Å². The van der Waals surface area contributed by atoms with Crippen molar-refractivity contribution >= 4 is 35.9 Å². The Hall–Kier alpha value is -3.22. The fraction of sp³-hybridized carbons (Fsp3) is 0.571. The molecule has 13 heteroatoms. The lowest BCUT2D eigenvalue weighted by atomic mass is 10.1. The Morgan fingerprint density at radius 1 is 1.11 bits per heavy atom. The van der Waals surface area contributed by atoms with E-state index in [0.29, 0.717) is 13.0 Å². The fourth-order valence-corrected chi connectivity index (χ4v) is 1.93. The largest absolute Gasteiger partial charge is 0.481 e. The number of aliphatic carboxylic acids is 1. The van der Waals surface area contributed by atoms with Gasteiger partial charge in [0.2, 0.25) is 17.7 Å². The van der Waals surface area contributed by atoms with E-state index in [9.17, 15) is 24.0 Å². The van der Waals surface area contributed by atoms with Gasteiger partial charge in [0.25, 0.3) is 0 Å². The molecule has 0 aliphatic heterocycles. The second-order valence-electron chi connectivity index (χ2n) is 5.47. The standard InChI is InChI=1S/C14H25N7O6/c15-5-10(23)21-9(2-1-3-18-14(16)17)13(27)19-6-11(24)20-8(7-22)4-12(25)26/h7-9H,1-6,15H2,(H,19,27)(H,20,24)(H,21,23)(H,25,26)(H4,16,17,18)/p+1/t8-,9-/m0/s1. The molecule has 0 saturated carbocycles. The lowest BCUT2D eigenvalue weighted by Crippen LogP contribution is -2.78. The van der Waals surface area contributed by atoms with Crippen molar-refractivity contribution in [2.24, 2.45) is 17.2 Å². The number of carboxylic acid groups (broad SMARTS) is 1. The van der Waals surface area contributed by atoms with Crippen LogP contribution < -0.4 is 38.1 Å². The van der Waals surface area contributed by atoms with E-state index in [2.05, 4.69) is 20.9 Å². The number of hydrogen-bond donors (Lipinski definition) is 8. The minimum atomic E-state index is -1.26. The Morgan fingerprint density at radius 2 is 1.78 bits per heavy atom. The summed E-state index contributed by atoms with van der Waals surface area (Å²) in [6.45, 7) is -0.455. The molecule has 152 valence electrons. The number of nitrogens with two attached hydrogens (primary N) is 3. The van der Waals surface area contributed by atoms with E-state index in [-0.39, 0.29) is 25.2 Å². The molecule has 0 radical (unpaired) electrons. The van der Waals surface area contributed by atoms with Crippen LogP contribution in [0.25, 0.3) is 0 Å². The summed E-state index contributed by atoms with van der Waals surface area (Å²) in [5, 5.41) is 15.5. The molecule has 2 atom stereocenters. The SMILES string of the molecule is NCC(=O)N[C@@H](CCC[NH+]=C(N)N)C(=O)NCC(=O)N[C@H](C=O)CC(=O)O. The highest BCUT2D eigenvalue weighted by Crippen LogP contribution is 1.96. The smallest absolute Gasteiger partial charge is 0.338 e. The molecule has 0 aromatic carbocycles. The minimum absolute atomic E-state index is 0.0183. The van der Waals surface area contributed by atoms with Gasteiger partial charge in [-0.25, -0.2) is 0 Å². The number of carbonyl (C=O) groups excluding carboxylic acids is 4. The first-order chi connectivity index (χ1) is 12.7. The monoisotopic (exact) mass is 388 g/mol. The van der Waals surface area contributed by atoms with E-state index in [1.165, 1.54) is 0 Å². The fourth-order valence-electron chi connectivity index (χ4n) is 1.93. The molecule has 11 N–H and O–H groups in total. The van der Waals surface area contributed by atoms with Gasteiger partial charge < -0.3 is 31.6 Å². The van der Waals surface area contributed by atoms with Crippen LogP contribution in [0, 0.1) is 0 Å². The molecular weight excluding hydrogens is 362 g/mol. The van der Waals surface area contributed by atoms with Crippen molar-refractivity contribution in [1.82, 2.24) is 16.0 Å². The van der Waals surface area contributed by atoms with E-state index < -0.39 is 48.7 Å². The Labute approximate surface area is 155 Å². The third kappa shape index (κ3) is 11.9. The van der Waals surface area contributed by atoms with Crippen LogP contribution in [0.2, 0.25) is 0 Å². The minimum Gasteiger partial charge on any atom is -0.481 e. The Kier molecular flexibility index (Phi) is 11.5. The summed E-state index contributed by atoms with van der Waals surface area (Å²) in [6.07, 6.45) is 0.353. The normalized spacial score (nSPS) is 12.2. The van der Waals surface area contributed by atoms with Crippen molar-refractivity contribution in [3.8, 4) is 0 Å². The summed E-state index contributed by atoms with van der Waals surface area (Å²) in [4.78, 5) is 59.3. The van der Waals surface area contributed by atoms with Crippen LogP contribution in [0.15, 0.2) is 0 Å². The Morgan fingerprint density at radius 3 is 2.30 bits per heavy atom. The Bertz CT molecular complexity index is 576. The first-order valence-electron chi connectivity index (χ1n) is 8.05. The van der Waals surface area contributed by atoms with Crippen molar-refractivity contribution in [1.29, 1.82) is 0 Å². The van der Waals surface area contributed by atoms with Gasteiger partial charge in [0.15, 0.2) is 0 Å². The number of aldehydes is 1. The summed E-state index contributed by atoms with van der Waals surface area (Å²) in [6, 6.07) is -2.15. The number of guanidine groups is 1. The number of carbonyl (C=O) groups is 5. The van der Waals surface area contributed by atoms with Gasteiger partial charge in [0.05, 0.1) is 32.1 Å². The molecule has 0 saturated heterocycles. The summed E-state index contributed by atoms with van der Waals surface area (Å²) >= 11 is 0. The predicted octanol–water partition coefficient (Wildman–Crippen LogP) is -6.16. The third-order valence-electron chi connectivity index (χ3n) is 3.16. The number of hydrogen-bond acceptors (Lipinski definition) is 6. The van der Waals surface area contributed by atoms with Crippen molar-refractivity contribution in [2.75, 3.05) is 19.6 Å². The summed E-state index contributed by atoms with van der Waals surface area (Å²) in [7, 11) is 0. The summed E-state index contributed by atoms with van der Waals surface area (Å²) in [5.41, 5.74) is 15.7. The zero-order valence-corrected chi connectivity index (χ0v) is 14.7. The Balaban J connectivity index is 4.61. The summed E-state index contributed by atoms with van der Waals surface area (Å²) < 4.78 is 0. The first kappa shape index (κ1) is 23.8. The highest BCUT2D eigenvalue weighted by atomic mass is 16.4.